The fourth-order valence-corrected chi connectivity index (χ4v) is 2.37. The Hall–Kier alpha value is -0.470. The summed E-state index contributed by atoms with van der Waals surface area (Å²) in [6, 6.07) is 9.39. The molecular weight excluding hydrogens is 214 g/mol. The molecular formula is C14H23NS. The Morgan fingerprint density at radius 3 is 2.62 bits per heavy atom. The zero-order valence-electron chi connectivity index (χ0n) is 10.8. The molecule has 0 heterocycles. The van der Waals surface area contributed by atoms with Gasteiger partial charge in [-0.15, -0.1) is 11.8 Å². The molecule has 16 heavy (non-hydrogen) atoms. The second-order valence-corrected chi connectivity index (χ2v) is 6.03. The normalized spacial score (nSPS) is 13.1. The third-order valence-electron chi connectivity index (χ3n) is 2.53. The first kappa shape index (κ1) is 13.6. The monoisotopic (exact) mass is 237 g/mol. The van der Waals surface area contributed by atoms with Gasteiger partial charge in [0, 0.05) is 22.7 Å². The molecule has 1 rings (SSSR count). The van der Waals surface area contributed by atoms with Crippen LogP contribution in [0.1, 0.15) is 39.7 Å². The van der Waals surface area contributed by atoms with Crippen LogP contribution in [-0.4, -0.2) is 11.3 Å². The number of hydrogen-bond acceptors (Lipinski definition) is 2. The molecule has 0 bridgehead atoms. The molecule has 0 aliphatic carbocycles. The molecule has 90 valence electrons. The van der Waals surface area contributed by atoms with Crippen molar-refractivity contribution in [2.45, 2.75) is 56.8 Å². The highest BCUT2D eigenvalue weighted by Gasteiger charge is 2.02. The van der Waals surface area contributed by atoms with E-state index in [0.717, 1.165) is 6.54 Å². The van der Waals surface area contributed by atoms with Gasteiger partial charge in [0.25, 0.3) is 0 Å². The van der Waals surface area contributed by atoms with Gasteiger partial charge in [0.05, 0.1) is 0 Å². The quantitative estimate of drug-likeness (QED) is 0.748. The van der Waals surface area contributed by atoms with Gasteiger partial charge in [-0.1, -0.05) is 39.8 Å². The summed E-state index contributed by atoms with van der Waals surface area (Å²) in [6.45, 7) is 9.84. The van der Waals surface area contributed by atoms with E-state index in [-0.39, 0.29) is 0 Å². The average molecular weight is 237 g/mol. The van der Waals surface area contributed by atoms with Crippen LogP contribution in [0.2, 0.25) is 0 Å². The van der Waals surface area contributed by atoms with Gasteiger partial charge in [-0.2, -0.15) is 0 Å². The summed E-state index contributed by atoms with van der Waals surface area (Å²) in [5.41, 5.74) is 1.38. The van der Waals surface area contributed by atoms with E-state index in [0.29, 0.717) is 11.3 Å². The van der Waals surface area contributed by atoms with Crippen LogP contribution in [0.4, 0.5) is 0 Å². The molecule has 0 amide bonds. The van der Waals surface area contributed by atoms with Gasteiger partial charge in [0.2, 0.25) is 0 Å². The van der Waals surface area contributed by atoms with Gasteiger partial charge in [0.1, 0.15) is 0 Å². The second kappa shape index (κ2) is 6.97. The number of thioether (sulfide) groups is 1. The van der Waals surface area contributed by atoms with Crippen molar-refractivity contribution in [1.29, 1.82) is 0 Å². The molecule has 0 aromatic heterocycles. The van der Waals surface area contributed by atoms with E-state index in [9.17, 15) is 0 Å². The summed E-state index contributed by atoms with van der Waals surface area (Å²) in [6.07, 6.45) is 1.22. The van der Waals surface area contributed by atoms with Crippen molar-refractivity contribution in [1.82, 2.24) is 5.32 Å². The predicted molar refractivity (Wildman–Crippen MR) is 74.0 cm³/mol. The molecule has 0 saturated heterocycles. The Bertz CT molecular complexity index is 309. The van der Waals surface area contributed by atoms with E-state index in [1.54, 1.807) is 0 Å². The molecule has 2 heteroatoms. The lowest BCUT2D eigenvalue weighted by atomic mass is 10.2. The number of rotatable bonds is 6. The third-order valence-corrected chi connectivity index (χ3v) is 3.79. The highest BCUT2D eigenvalue weighted by molar-refractivity contribution is 7.99. The van der Waals surface area contributed by atoms with Crippen LogP contribution in [0.15, 0.2) is 29.2 Å². The Balaban J connectivity index is 2.56. The van der Waals surface area contributed by atoms with Crippen molar-refractivity contribution >= 4 is 11.8 Å². The first-order chi connectivity index (χ1) is 7.61. The standard InChI is InChI=1S/C14H23NS/c1-5-12(4)16-14-8-6-7-13(9-14)10-15-11(2)3/h6-9,11-12,15H,5,10H2,1-4H3. The van der Waals surface area contributed by atoms with E-state index in [2.05, 4.69) is 57.3 Å². The Morgan fingerprint density at radius 1 is 1.25 bits per heavy atom. The molecule has 1 aromatic rings. The summed E-state index contributed by atoms with van der Waals surface area (Å²) in [7, 11) is 0. The first-order valence-corrected chi connectivity index (χ1v) is 6.98. The lowest BCUT2D eigenvalue weighted by Crippen LogP contribution is -2.21. The van der Waals surface area contributed by atoms with Crippen molar-refractivity contribution in [2.75, 3.05) is 0 Å². The zero-order valence-corrected chi connectivity index (χ0v) is 11.6. The van der Waals surface area contributed by atoms with Crippen LogP contribution in [-0.2, 0) is 6.54 Å². The maximum absolute atomic E-state index is 3.45. The van der Waals surface area contributed by atoms with E-state index >= 15 is 0 Å². The van der Waals surface area contributed by atoms with Crippen molar-refractivity contribution < 1.29 is 0 Å². The van der Waals surface area contributed by atoms with Crippen molar-refractivity contribution in [3.63, 3.8) is 0 Å². The minimum absolute atomic E-state index is 0.547. The molecule has 0 spiro atoms. The first-order valence-electron chi connectivity index (χ1n) is 6.10. The minimum atomic E-state index is 0.547. The van der Waals surface area contributed by atoms with E-state index < -0.39 is 0 Å². The SMILES string of the molecule is CCC(C)Sc1cccc(CNC(C)C)c1. The molecule has 1 nitrogen and oxygen atoms in total. The Morgan fingerprint density at radius 2 is 2.00 bits per heavy atom. The lowest BCUT2D eigenvalue weighted by Gasteiger charge is -2.11. The summed E-state index contributed by atoms with van der Waals surface area (Å²) < 4.78 is 0. The van der Waals surface area contributed by atoms with Crippen molar-refractivity contribution in [2.24, 2.45) is 0 Å². The largest absolute Gasteiger partial charge is 0.310 e. The fourth-order valence-electron chi connectivity index (χ4n) is 1.37. The van der Waals surface area contributed by atoms with Gasteiger partial charge in [-0.25, -0.2) is 0 Å². The van der Waals surface area contributed by atoms with Gasteiger partial charge in [-0.3, -0.25) is 0 Å². The third kappa shape index (κ3) is 5.04. The summed E-state index contributed by atoms with van der Waals surface area (Å²) in [4.78, 5) is 1.39. The van der Waals surface area contributed by atoms with Crippen LogP contribution in [0.25, 0.3) is 0 Å². The molecule has 0 radical (unpaired) electrons. The molecule has 1 N–H and O–H groups in total. The molecule has 1 aromatic carbocycles. The van der Waals surface area contributed by atoms with Gasteiger partial charge < -0.3 is 5.32 Å². The molecule has 0 fully saturated rings. The van der Waals surface area contributed by atoms with Gasteiger partial charge in [-0.05, 0) is 24.1 Å². The van der Waals surface area contributed by atoms with Crippen LogP contribution >= 0.6 is 11.8 Å². The fraction of sp³-hybridized carbons (Fsp3) is 0.571. The van der Waals surface area contributed by atoms with Gasteiger partial charge >= 0.3 is 0 Å². The summed E-state index contributed by atoms with van der Waals surface area (Å²) in [5.74, 6) is 0. The highest BCUT2D eigenvalue weighted by atomic mass is 32.2. The van der Waals surface area contributed by atoms with Crippen LogP contribution in [0, 0.1) is 0 Å². The number of hydrogen-bond donors (Lipinski definition) is 1. The smallest absolute Gasteiger partial charge is 0.0208 e. The number of benzene rings is 1. The molecule has 0 aliphatic rings. The maximum atomic E-state index is 3.45. The maximum Gasteiger partial charge on any atom is 0.0208 e. The van der Waals surface area contributed by atoms with Crippen LogP contribution in [0.3, 0.4) is 0 Å². The summed E-state index contributed by atoms with van der Waals surface area (Å²) >= 11 is 1.96. The Labute approximate surface area is 104 Å². The van der Waals surface area contributed by atoms with E-state index in [1.807, 2.05) is 11.8 Å². The molecule has 0 aliphatic heterocycles. The van der Waals surface area contributed by atoms with E-state index in [4.69, 9.17) is 0 Å². The topological polar surface area (TPSA) is 12.0 Å². The van der Waals surface area contributed by atoms with Crippen molar-refractivity contribution in [3.05, 3.63) is 29.8 Å². The average Bonchev–Trinajstić information content (AvgIpc) is 2.26. The van der Waals surface area contributed by atoms with E-state index in [1.165, 1.54) is 16.9 Å². The zero-order chi connectivity index (χ0) is 12.0. The van der Waals surface area contributed by atoms with Gasteiger partial charge in [0.15, 0.2) is 0 Å². The molecule has 0 saturated carbocycles. The van der Waals surface area contributed by atoms with Crippen molar-refractivity contribution in [3.8, 4) is 0 Å². The predicted octanol–water partition coefficient (Wildman–Crippen LogP) is 4.08. The second-order valence-electron chi connectivity index (χ2n) is 4.52. The minimum Gasteiger partial charge on any atom is -0.310 e. The van der Waals surface area contributed by atoms with Crippen LogP contribution in [0.5, 0.6) is 0 Å². The Kier molecular flexibility index (Phi) is 5.93. The molecule has 1 atom stereocenters. The van der Waals surface area contributed by atoms with Crippen LogP contribution < -0.4 is 5.32 Å². The number of nitrogens with one attached hydrogen (secondary N) is 1. The molecule has 1 unspecified atom stereocenters. The summed E-state index contributed by atoms with van der Waals surface area (Å²) in [5, 5.41) is 4.15. The lowest BCUT2D eigenvalue weighted by molar-refractivity contribution is 0.588. The highest BCUT2D eigenvalue weighted by Crippen LogP contribution is 2.25.